The Morgan fingerprint density at radius 1 is 1.44 bits per heavy atom. The highest BCUT2D eigenvalue weighted by molar-refractivity contribution is 6.30. The van der Waals surface area contributed by atoms with E-state index in [4.69, 9.17) is 21.9 Å². The highest BCUT2D eigenvalue weighted by Crippen LogP contribution is 2.35. The third kappa shape index (κ3) is 1.83. The second-order valence-electron chi connectivity index (χ2n) is 4.94. The maximum absolute atomic E-state index is 6.30. The lowest BCUT2D eigenvalue weighted by atomic mass is 9.99. The fraction of sp³-hybridized carbons (Fsp3) is 0.500. The number of hydrogen-bond acceptors (Lipinski definition) is 4. The van der Waals surface area contributed by atoms with Crippen LogP contribution in [-0.4, -0.2) is 14.7 Å². The molecule has 0 unspecified atom stereocenters. The molecule has 5 nitrogen and oxygen atoms in total. The van der Waals surface area contributed by atoms with Crippen LogP contribution in [0.25, 0.3) is 11.6 Å². The molecule has 0 radical (unpaired) electrons. The number of hydrogen-bond donors (Lipinski definition) is 1. The summed E-state index contributed by atoms with van der Waals surface area (Å²) >= 11 is 5.94. The summed E-state index contributed by atoms with van der Waals surface area (Å²) in [6.45, 7) is 0. The first kappa shape index (κ1) is 11.7. The van der Waals surface area contributed by atoms with Crippen molar-refractivity contribution in [2.24, 2.45) is 12.8 Å². The van der Waals surface area contributed by atoms with Gasteiger partial charge in [0, 0.05) is 13.2 Å². The largest absolute Gasteiger partial charge is 0.345 e. The first-order valence-electron chi connectivity index (χ1n) is 6.04. The van der Waals surface area contributed by atoms with Gasteiger partial charge in [0.1, 0.15) is 5.69 Å². The van der Waals surface area contributed by atoms with E-state index >= 15 is 0 Å². The molecule has 6 heteroatoms. The molecular formula is C12H15ClN4O. The van der Waals surface area contributed by atoms with Crippen molar-refractivity contribution in [3.05, 3.63) is 23.1 Å². The minimum atomic E-state index is -0.420. The van der Waals surface area contributed by atoms with Crippen LogP contribution in [0.15, 0.2) is 16.8 Å². The Morgan fingerprint density at radius 3 is 2.78 bits per heavy atom. The van der Waals surface area contributed by atoms with E-state index in [2.05, 4.69) is 10.1 Å². The number of nitrogens with two attached hydrogens (primary N) is 1. The van der Waals surface area contributed by atoms with Crippen LogP contribution in [0.4, 0.5) is 0 Å². The van der Waals surface area contributed by atoms with Gasteiger partial charge in [0.2, 0.25) is 0 Å². The van der Waals surface area contributed by atoms with Gasteiger partial charge in [0.25, 0.3) is 5.89 Å². The molecule has 0 atom stereocenters. The lowest BCUT2D eigenvalue weighted by molar-refractivity contribution is 0.372. The van der Waals surface area contributed by atoms with Gasteiger partial charge >= 0.3 is 0 Å². The Bertz CT molecular complexity index is 568. The zero-order valence-electron chi connectivity index (χ0n) is 10.2. The molecule has 2 heterocycles. The molecule has 2 aromatic rings. The second-order valence-corrected chi connectivity index (χ2v) is 5.38. The van der Waals surface area contributed by atoms with Crippen molar-refractivity contribution in [3.8, 4) is 11.6 Å². The first-order valence-corrected chi connectivity index (χ1v) is 6.42. The van der Waals surface area contributed by atoms with E-state index in [1.54, 1.807) is 12.3 Å². The minimum Gasteiger partial charge on any atom is -0.345 e. The van der Waals surface area contributed by atoms with Crippen LogP contribution in [0.3, 0.4) is 0 Å². The van der Waals surface area contributed by atoms with Gasteiger partial charge in [-0.2, -0.15) is 4.98 Å². The van der Waals surface area contributed by atoms with E-state index in [0.29, 0.717) is 16.7 Å². The van der Waals surface area contributed by atoms with E-state index in [1.165, 1.54) is 0 Å². The van der Waals surface area contributed by atoms with E-state index in [0.717, 1.165) is 31.4 Å². The maximum Gasteiger partial charge on any atom is 0.274 e. The Hall–Kier alpha value is -1.33. The number of aromatic nitrogens is 3. The average molecular weight is 267 g/mol. The lowest BCUT2D eigenvalue weighted by Crippen LogP contribution is -2.34. The van der Waals surface area contributed by atoms with Crippen molar-refractivity contribution in [2.45, 2.75) is 31.2 Å². The zero-order valence-corrected chi connectivity index (χ0v) is 10.9. The van der Waals surface area contributed by atoms with Gasteiger partial charge in [0.05, 0.1) is 10.6 Å². The third-order valence-electron chi connectivity index (χ3n) is 3.56. The molecule has 1 aliphatic rings. The highest BCUT2D eigenvalue weighted by Gasteiger charge is 2.36. The van der Waals surface area contributed by atoms with Gasteiger partial charge in [-0.1, -0.05) is 29.6 Å². The molecule has 0 amide bonds. The first-order chi connectivity index (χ1) is 8.58. The SMILES string of the molecule is Cn1cc(Cl)cc1-c1nc(C2(N)CCCC2)no1. The maximum atomic E-state index is 6.30. The smallest absolute Gasteiger partial charge is 0.274 e. The van der Waals surface area contributed by atoms with Crippen LogP contribution in [-0.2, 0) is 12.6 Å². The molecule has 3 rings (SSSR count). The van der Waals surface area contributed by atoms with E-state index < -0.39 is 5.54 Å². The summed E-state index contributed by atoms with van der Waals surface area (Å²) in [6, 6.07) is 1.80. The van der Waals surface area contributed by atoms with Gasteiger partial charge < -0.3 is 14.8 Å². The molecule has 2 N–H and O–H groups in total. The van der Waals surface area contributed by atoms with Crippen molar-refractivity contribution in [2.75, 3.05) is 0 Å². The molecule has 1 aliphatic carbocycles. The van der Waals surface area contributed by atoms with Gasteiger partial charge in [0.15, 0.2) is 5.82 Å². The molecule has 18 heavy (non-hydrogen) atoms. The Labute approximate surface area is 110 Å². The van der Waals surface area contributed by atoms with E-state index in [1.807, 2.05) is 11.6 Å². The van der Waals surface area contributed by atoms with Gasteiger partial charge in [-0.25, -0.2) is 0 Å². The van der Waals surface area contributed by atoms with Gasteiger partial charge in [-0.3, -0.25) is 0 Å². The van der Waals surface area contributed by atoms with Crippen LogP contribution in [0.5, 0.6) is 0 Å². The van der Waals surface area contributed by atoms with E-state index in [9.17, 15) is 0 Å². The predicted molar refractivity (Wildman–Crippen MR) is 68.0 cm³/mol. The molecule has 2 aromatic heterocycles. The summed E-state index contributed by atoms with van der Waals surface area (Å²) in [5.41, 5.74) is 6.68. The van der Waals surface area contributed by atoms with Crippen molar-refractivity contribution >= 4 is 11.6 Å². The highest BCUT2D eigenvalue weighted by atomic mass is 35.5. The molecule has 0 aliphatic heterocycles. The standard InChI is InChI=1S/C12H15ClN4O/c1-17-7-8(13)6-9(17)10-15-11(16-18-10)12(14)4-2-3-5-12/h6-7H,2-5,14H2,1H3. The van der Waals surface area contributed by atoms with Gasteiger partial charge in [-0.15, -0.1) is 0 Å². The molecule has 0 spiro atoms. The summed E-state index contributed by atoms with van der Waals surface area (Å²) in [7, 11) is 1.89. The zero-order chi connectivity index (χ0) is 12.8. The molecular weight excluding hydrogens is 252 g/mol. The van der Waals surface area contributed by atoms with Crippen LogP contribution < -0.4 is 5.73 Å². The number of halogens is 1. The molecule has 0 saturated heterocycles. The number of rotatable bonds is 2. The Kier molecular flexibility index (Phi) is 2.68. The monoisotopic (exact) mass is 266 g/mol. The fourth-order valence-electron chi connectivity index (χ4n) is 2.50. The summed E-state index contributed by atoms with van der Waals surface area (Å²) in [5, 5.41) is 4.68. The van der Waals surface area contributed by atoms with Crippen molar-refractivity contribution in [3.63, 3.8) is 0 Å². The second kappa shape index (κ2) is 4.10. The summed E-state index contributed by atoms with van der Waals surface area (Å²) in [5.74, 6) is 1.07. The van der Waals surface area contributed by atoms with Crippen LogP contribution in [0.2, 0.25) is 5.02 Å². The Balaban J connectivity index is 1.96. The summed E-state index contributed by atoms with van der Waals surface area (Å²) in [4.78, 5) is 4.43. The molecule has 96 valence electrons. The Morgan fingerprint density at radius 2 is 2.17 bits per heavy atom. The molecule has 1 saturated carbocycles. The topological polar surface area (TPSA) is 69.9 Å². The molecule has 1 fully saturated rings. The van der Waals surface area contributed by atoms with Crippen molar-refractivity contribution in [1.29, 1.82) is 0 Å². The van der Waals surface area contributed by atoms with Crippen LogP contribution in [0.1, 0.15) is 31.5 Å². The normalized spacial score (nSPS) is 18.4. The fourth-order valence-corrected chi connectivity index (χ4v) is 2.75. The quantitative estimate of drug-likeness (QED) is 0.906. The molecule has 0 bridgehead atoms. The summed E-state index contributed by atoms with van der Waals surface area (Å²) in [6.07, 6.45) is 5.88. The van der Waals surface area contributed by atoms with Gasteiger partial charge in [-0.05, 0) is 18.9 Å². The number of aryl methyl sites for hydroxylation is 1. The van der Waals surface area contributed by atoms with E-state index in [-0.39, 0.29) is 0 Å². The van der Waals surface area contributed by atoms with Crippen molar-refractivity contribution < 1.29 is 4.52 Å². The number of nitrogens with zero attached hydrogens (tertiary/aromatic N) is 3. The predicted octanol–water partition coefficient (Wildman–Crippen LogP) is 2.46. The minimum absolute atomic E-state index is 0.420. The lowest BCUT2D eigenvalue weighted by Gasteiger charge is -2.17. The molecule has 0 aromatic carbocycles. The van der Waals surface area contributed by atoms with Crippen LogP contribution in [0, 0.1) is 0 Å². The van der Waals surface area contributed by atoms with Crippen molar-refractivity contribution in [1.82, 2.24) is 14.7 Å². The summed E-state index contributed by atoms with van der Waals surface area (Å²) < 4.78 is 7.16. The third-order valence-corrected chi connectivity index (χ3v) is 3.76. The van der Waals surface area contributed by atoms with Crippen LogP contribution >= 0.6 is 11.6 Å². The average Bonchev–Trinajstić information content (AvgIpc) is 2.99.